The molecule has 0 aromatic heterocycles. The van der Waals surface area contributed by atoms with Crippen LogP contribution in [-0.2, 0) is 10.2 Å². The summed E-state index contributed by atoms with van der Waals surface area (Å²) in [6.07, 6.45) is 3.30. The van der Waals surface area contributed by atoms with Crippen LogP contribution < -0.4 is 9.20 Å². The summed E-state index contributed by atoms with van der Waals surface area (Å²) in [6, 6.07) is 4.46. The molecular weight excluding hydrogens is 403 g/mol. The number of rotatable bonds is 5. The molecule has 1 N–H and O–H groups in total. The number of hydrogen-bond acceptors (Lipinski definition) is 2. The van der Waals surface area contributed by atoms with Gasteiger partial charge in [0, 0.05) is 0 Å². The number of benzene rings is 1. The quantitative estimate of drug-likeness (QED) is 0.430. The first-order valence-electron chi connectivity index (χ1n) is 9.56. The van der Waals surface area contributed by atoms with E-state index in [0.29, 0.717) is 17.4 Å². The van der Waals surface area contributed by atoms with Crippen molar-refractivity contribution in [3.63, 3.8) is 0 Å². The molecule has 146 valence electrons. The Labute approximate surface area is 169 Å². The third kappa shape index (κ3) is 5.41. The molecule has 1 aromatic carbocycles. The van der Waals surface area contributed by atoms with Crippen LogP contribution in [0.1, 0.15) is 71.4 Å². The van der Waals surface area contributed by atoms with Gasteiger partial charge in [-0.15, -0.1) is 0 Å². The molecular formula is C23H30O3Se. The van der Waals surface area contributed by atoms with Gasteiger partial charge in [-0.3, -0.25) is 0 Å². The first kappa shape index (κ1) is 21.6. The number of ether oxygens (including phenoxy) is 1. The van der Waals surface area contributed by atoms with Crippen LogP contribution in [0, 0.1) is 16.7 Å². The van der Waals surface area contributed by atoms with E-state index in [2.05, 4.69) is 57.5 Å². The van der Waals surface area contributed by atoms with E-state index < -0.39 is 5.97 Å². The predicted molar refractivity (Wildman–Crippen MR) is 112 cm³/mol. The van der Waals surface area contributed by atoms with E-state index in [0.717, 1.165) is 31.3 Å². The molecule has 1 aliphatic rings. The van der Waals surface area contributed by atoms with E-state index in [1.165, 1.54) is 15.6 Å². The van der Waals surface area contributed by atoms with Gasteiger partial charge < -0.3 is 0 Å². The van der Waals surface area contributed by atoms with Crippen molar-refractivity contribution in [1.29, 1.82) is 0 Å². The molecule has 0 saturated carbocycles. The molecule has 0 heterocycles. The molecule has 0 radical (unpaired) electrons. The fourth-order valence-electron chi connectivity index (χ4n) is 3.78. The number of carboxylic acid groups (broad SMARTS) is 1. The Morgan fingerprint density at radius 2 is 2.11 bits per heavy atom. The van der Waals surface area contributed by atoms with E-state index in [-0.39, 0.29) is 20.4 Å². The van der Waals surface area contributed by atoms with E-state index in [1.54, 1.807) is 6.92 Å². The molecule has 0 fully saturated rings. The molecule has 2 unspecified atom stereocenters. The molecule has 0 aliphatic heterocycles. The van der Waals surface area contributed by atoms with Gasteiger partial charge in [0.2, 0.25) is 0 Å². The van der Waals surface area contributed by atoms with Gasteiger partial charge in [0.05, 0.1) is 0 Å². The van der Waals surface area contributed by atoms with Gasteiger partial charge in [0.25, 0.3) is 0 Å². The third-order valence-electron chi connectivity index (χ3n) is 5.20. The number of carbonyl (C=O) groups is 1. The number of allylic oxidation sites excluding steroid dienone is 1. The van der Waals surface area contributed by atoms with Gasteiger partial charge in [0.1, 0.15) is 0 Å². The van der Waals surface area contributed by atoms with Gasteiger partial charge >= 0.3 is 170 Å². The average molecular weight is 433 g/mol. The first-order chi connectivity index (χ1) is 12.7. The molecule has 4 heteroatoms. The monoisotopic (exact) mass is 434 g/mol. The Morgan fingerprint density at radius 3 is 2.74 bits per heavy atom. The topological polar surface area (TPSA) is 46.5 Å². The van der Waals surface area contributed by atoms with Crippen molar-refractivity contribution in [2.24, 2.45) is 5.92 Å². The standard InChI is InChI=1S/C23H30O3Se/c1-7-9-26-20-13-18(27-10-8-15(2)11-21(24)25)12-19-22(20)17(4)16(3)14-23(19,5)6/h11-13,16-17H,7,9,14H2,1-6H3,(H,24,25). The number of fused-ring (bicyclic) bond motifs is 1. The molecule has 3 nitrogen and oxygen atoms in total. The third-order valence-corrected chi connectivity index (χ3v) is 6.62. The molecule has 1 aromatic rings. The summed E-state index contributed by atoms with van der Waals surface area (Å²) in [4.78, 5) is 13.9. The van der Waals surface area contributed by atoms with Crippen molar-refractivity contribution in [2.45, 2.75) is 65.7 Å². The molecule has 27 heavy (non-hydrogen) atoms. The van der Waals surface area contributed by atoms with Crippen molar-refractivity contribution < 1.29 is 14.6 Å². The van der Waals surface area contributed by atoms with Gasteiger partial charge in [-0.1, -0.05) is 0 Å². The molecule has 0 saturated heterocycles. The molecule has 2 rings (SSSR count). The van der Waals surface area contributed by atoms with Gasteiger partial charge in [0.15, 0.2) is 0 Å². The molecule has 1 aliphatic carbocycles. The molecule has 2 atom stereocenters. The molecule has 0 amide bonds. The second-order valence-corrected chi connectivity index (χ2v) is 9.93. The minimum absolute atomic E-state index is 0.0463. The zero-order chi connectivity index (χ0) is 20.2. The van der Waals surface area contributed by atoms with Crippen LogP contribution in [0.3, 0.4) is 0 Å². The minimum atomic E-state index is -0.955. The van der Waals surface area contributed by atoms with Crippen molar-refractivity contribution in [3.8, 4) is 16.5 Å². The Kier molecular flexibility index (Phi) is 7.20. The zero-order valence-electron chi connectivity index (χ0n) is 17.2. The maximum atomic E-state index is 10.7. The average Bonchev–Trinajstić information content (AvgIpc) is 2.56. The summed E-state index contributed by atoms with van der Waals surface area (Å²) in [7, 11) is 0. The SMILES string of the molecule is CCCOc1cc([Se]C#CC(C)=CC(=O)O)cc2c1C(C)C(C)CC2(C)C. The van der Waals surface area contributed by atoms with Crippen molar-refractivity contribution in [3.05, 3.63) is 34.9 Å². The molecule has 0 bridgehead atoms. The van der Waals surface area contributed by atoms with Crippen LogP contribution in [0.4, 0.5) is 0 Å². The van der Waals surface area contributed by atoms with Crippen LogP contribution in [0.15, 0.2) is 23.8 Å². The van der Waals surface area contributed by atoms with E-state index in [4.69, 9.17) is 9.84 Å². The Bertz CT molecular complexity index is 796. The summed E-state index contributed by atoms with van der Waals surface area (Å²) < 4.78 is 7.35. The van der Waals surface area contributed by atoms with Crippen LogP contribution >= 0.6 is 0 Å². The second kappa shape index (κ2) is 9.00. The molecule has 0 spiro atoms. The van der Waals surface area contributed by atoms with Crippen LogP contribution in [0.5, 0.6) is 5.75 Å². The van der Waals surface area contributed by atoms with E-state index >= 15 is 0 Å². The Morgan fingerprint density at radius 1 is 1.41 bits per heavy atom. The van der Waals surface area contributed by atoms with E-state index in [9.17, 15) is 4.79 Å². The fraction of sp³-hybridized carbons (Fsp3) is 0.522. The number of hydrogen-bond donors (Lipinski definition) is 1. The first-order valence-corrected chi connectivity index (χ1v) is 11.3. The maximum absolute atomic E-state index is 10.7. The van der Waals surface area contributed by atoms with Crippen LogP contribution in [0.2, 0.25) is 0 Å². The van der Waals surface area contributed by atoms with Crippen LogP contribution in [-0.4, -0.2) is 32.6 Å². The van der Waals surface area contributed by atoms with Crippen molar-refractivity contribution in [1.82, 2.24) is 0 Å². The normalized spacial score (nSPS) is 21.0. The predicted octanol–water partition coefficient (Wildman–Crippen LogP) is 4.22. The van der Waals surface area contributed by atoms with Gasteiger partial charge in [-0.25, -0.2) is 0 Å². The summed E-state index contributed by atoms with van der Waals surface area (Å²) >= 11 is -0.0463. The fourth-order valence-corrected chi connectivity index (χ4v) is 5.19. The number of aliphatic carboxylic acids is 1. The summed E-state index contributed by atoms with van der Waals surface area (Å²) in [6.45, 7) is 13.9. The zero-order valence-corrected chi connectivity index (χ0v) is 18.9. The van der Waals surface area contributed by atoms with Gasteiger partial charge in [-0.05, 0) is 0 Å². The van der Waals surface area contributed by atoms with Crippen molar-refractivity contribution in [2.75, 3.05) is 6.61 Å². The van der Waals surface area contributed by atoms with E-state index in [1.807, 2.05) is 0 Å². The summed E-state index contributed by atoms with van der Waals surface area (Å²) in [5, 5.41) is 8.80. The Balaban J connectivity index is 2.44. The second-order valence-electron chi connectivity index (χ2n) is 8.08. The summed E-state index contributed by atoms with van der Waals surface area (Å²) in [5.41, 5.74) is 3.44. The van der Waals surface area contributed by atoms with Gasteiger partial charge in [-0.2, -0.15) is 0 Å². The van der Waals surface area contributed by atoms with Crippen LogP contribution in [0.25, 0.3) is 0 Å². The number of carboxylic acids is 1. The van der Waals surface area contributed by atoms with Crippen molar-refractivity contribution >= 4 is 25.4 Å². The summed E-state index contributed by atoms with van der Waals surface area (Å²) in [5.74, 6) is 4.12. The Hall–Kier alpha value is -1.69.